The van der Waals surface area contributed by atoms with Crippen molar-refractivity contribution in [1.82, 2.24) is 15.0 Å². The van der Waals surface area contributed by atoms with Gasteiger partial charge in [0.2, 0.25) is 0 Å². The summed E-state index contributed by atoms with van der Waals surface area (Å²) in [5, 5.41) is 1.90. The number of aromatic nitrogens is 3. The fourth-order valence-corrected chi connectivity index (χ4v) is 4.86. The van der Waals surface area contributed by atoms with Crippen molar-refractivity contribution in [1.29, 1.82) is 0 Å². The summed E-state index contributed by atoms with van der Waals surface area (Å²) in [6.07, 6.45) is 4.22. The summed E-state index contributed by atoms with van der Waals surface area (Å²) in [6.45, 7) is 5.48. The molecule has 0 aliphatic carbocycles. The number of H-pyrrole nitrogens is 1. The van der Waals surface area contributed by atoms with Crippen LogP contribution in [0.1, 0.15) is 31.5 Å². The molecule has 33 heavy (non-hydrogen) atoms. The van der Waals surface area contributed by atoms with Gasteiger partial charge in [-0.1, -0.05) is 24.6 Å². The predicted octanol–water partition coefficient (Wildman–Crippen LogP) is 4.58. The molecule has 7 nitrogen and oxygen atoms in total. The summed E-state index contributed by atoms with van der Waals surface area (Å²) in [6, 6.07) is 4.84. The molecule has 174 valence electrons. The van der Waals surface area contributed by atoms with E-state index < -0.39 is 11.8 Å². The third-order valence-corrected chi connectivity index (χ3v) is 6.64. The van der Waals surface area contributed by atoms with E-state index in [1.54, 1.807) is 19.1 Å². The van der Waals surface area contributed by atoms with Crippen LogP contribution in [0.15, 0.2) is 34.3 Å². The van der Waals surface area contributed by atoms with Gasteiger partial charge >= 0.3 is 5.97 Å². The number of fused-ring (bicyclic) bond motifs is 1. The minimum atomic E-state index is -0.512. The predicted molar refractivity (Wildman–Crippen MR) is 129 cm³/mol. The highest BCUT2D eigenvalue weighted by Gasteiger charge is 2.26. The van der Waals surface area contributed by atoms with Crippen molar-refractivity contribution in [3.05, 3.63) is 46.4 Å². The molecule has 0 saturated carbocycles. The monoisotopic (exact) mass is 489 g/mol. The summed E-state index contributed by atoms with van der Waals surface area (Å²) in [4.78, 5) is 26.9. The Labute approximate surface area is 200 Å². The second-order valence-electron chi connectivity index (χ2n) is 7.69. The molecule has 3 N–H and O–H groups in total. The molecule has 1 aliphatic rings. The van der Waals surface area contributed by atoms with E-state index in [0.29, 0.717) is 32.8 Å². The van der Waals surface area contributed by atoms with Crippen LogP contribution in [0.5, 0.6) is 0 Å². The lowest BCUT2D eigenvalue weighted by atomic mass is 10.2. The van der Waals surface area contributed by atoms with Crippen molar-refractivity contribution in [3.8, 4) is 0 Å². The smallest absolute Gasteiger partial charge is 0.330 e. The third kappa shape index (κ3) is 5.15. The van der Waals surface area contributed by atoms with E-state index in [2.05, 4.69) is 14.9 Å². The molecular formula is C23H25ClFN5O2S. The SMILES string of the molecule is CCOC(=O)/C=C/c1ccc(Sc2nc(N3CC[C@@H](N)C3)c3c(Cl)c(CC)[nH]c3n2)cc1F. The molecule has 0 amide bonds. The summed E-state index contributed by atoms with van der Waals surface area (Å²) in [5.74, 6) is -0.225. The number of rotatable bonds is 7. The van der Waals surface area contributed by atoms with Gasteiger partial charge in [-0.2, -0.15) is 0 Å². The first-order valence-electron chi connectivity index (χ1n) is 10.8. The van der Waals surface area contributed by atoms with E-state index in [1.807, 2.05) is 6.92 Å². The van der Waals surface area contributed by atoms with Gasteiger partial charge in [0.15, 0.2) is 5.16 Å². The highest BCUT2D eigenvalue weighted by Crippen LogP contribution is 2.37. The zero-order chi connectivity index (χ0) is 23.5. The largest absolute Gasteiger partial charge is 0.463 e. The van der Waals surface area contributed by atoms with E-state index in [4.69, 9.17) is 27.1 Å². The molecule has 0 radical (unpaired) electrons. The van der Waals surface area contributed by atoms with Gasteiger partial charge in [0.1, 0.15) is 17.3 Å². The second-order valence-corrected chi connectivity index (χ2v) is 9.11. The molecule has 10 heteroatoms. The number of hydrogen-bond donors (Lipinski definition) is 2. The summed E-state index contributed by atoms with van der Waals surface area (Å²) >= 11 is 7.89. The Kier molecular flexibility index (Phi) is 7.21. The van der Waals surface area contributed by atoms with Gasteiger partial charge in [0, 0.05) is 41.4 Å². The maximum atomic E-state index is 14.6. The Morgan fingerprint density at radius 2 is 2.24 bits per heavy atom. The van der Waals surface area contributed by atoms with Crippen LogP contribution >= 0.6 is 23.4 Å². The van der Waals surface area contributed by atoms with Crippen molar-refractivity contribution in [2.75, 3.05) is 24.6 Å². The number of aryl methyl sites for hydroxylation is 1. The molecule has 2 aromatic heterocycles. The van der Waals surface area contributed by atoms with Crippen LogP contribution in [0, 0.1) is 5.82 Å². The number of nitrogens with one attached hydrogen (secondary N) is 1. The number of carbonyl (C=O) groups excluding carboxylic acids is 1. The molecule has 1 saturated heterocycles. The van der Waals surface area contributed by atoms with Crippen LogP contribution in [0.3, 0.4) is 0 Å². The van der Waals surface area contributed by atoms with E-state index in [-0.39, 0.29) is 12.6 Å². The topological polar surface area (TPSA) is 97.1 Å². The van der Waals surface area contributed by atoms with Crippen molar-refractivity contribution in [2.24, 2.45) is 5.73 Å². The first-order chi connectivity index (χ1) is 15.9. The van der Waals surface area contributed by atoms with E-state index in [1.165, 1.54) is 30.0 Å². The first kappa shape index (κ1) is 23.5. The molecule has 1 fully saturated rings. The number of benzene rings is 1. The van der Waals surface area contributed by atoms with Crippen molar-refractivity contribution < 1.29 is 13.9 Å². The molecule has 0 spiro atoms. The number of ether oxygens (including phenoxy) is 1. The lowest BCUT2D eigenvalue weighted by Crippen LogP contribution is -2.27. The van der Waals surface area contributed by atoms with Crippen LogP contribution < -0.4 is 10.6 Å². The number of hydrogen-bond acceptors (Lipinski definition) is 7. The Balaban J connectivity index is 1.65. The number of aromatic amines is 1. The molecule has 1 aromatic carbocycles. The number of halogens is 2. The van der Waals surface area contributed by atoms with Crippen LogP contribution in [-0.4, -0.2) is 46.7 Å². The Morgan fingerprint density at radius 1 is 1.42 bits per heavy atom. The highest BCUT2D eigenvalue weighted by molar-refractivity contribution is 7.99. The molecule has 0 unspecified atom stereocenters. The molecule has 3 aromatic rings. The van der Waals surface area contributed by atoms with Gasteiger partial charge in [-0.25, -0.2) is 19.2 Å². The fraction of sp³-hybridized carbons (Fsp3) is 0.348. The normalized spacial score (nSPS) is 16.3. The average Bonchev–Trinajstić information content (AvgIpc) is 3.36. The summed E-state index contributed by atoms with van der Waals surface area (Å²) < 4.78 is 19.4. The third-order valence-electron chi connectivity index (χ3n) is 5.37. The Bertz CT molecular complexity index is 1220. The maximum Gasteiger partial charge on any atom is 0.330 e. The van der Waals surface area contributed by atoms with Gasteiger partial charge in [0.25, 0.3) is 0 Å². The lowest BCUT2D eigenvalue weighted by Gasteiger charge is -2.18. The number of nitrogens with two attached hydrogens (primary N) is 1. The molecule has 1 aliphatic heterocycles. The molecule has 1 atom stereocenters. The van der Waals surface area contributed by atoms with Gasteiger partial charge in [-0.05, 0) is 49.7 Å². The zero-order valence-electron chi connectivity index (χ0n) is 18.4. The molecule has 4 rings (SSSR count). The van der Waals surface area contributed by atoms with Crippen LogP contribution in [0.4, 0.5) is 10.2 Å². The summed E-state index contributed by atoms with van der Waals surface area (Å²) in [7, 11) is 0. The standard InChI is InChI=1S/C23H25ClFN5O2S/c1-3-17-20(24)19-21(27-17)28-23(29-22(19)30-10-9-14(26)12-30)33-15-7-5-13(16(25)11-15)6-8-18(31)32-4-2/h5-8,11,14H,3-4,9-10,12,26H2,1-2H3,(H,27,28,29)/b8-6+/t14-/m1/s1. The fourth-order valence-electron chi connectivity index (χ4n) is 3.73. The second kappa shape index (κ2) is 10.1. The maximum absolute atomic E-state index is 14.6. The van der Waals surface area contributed by atoms with E-state index in [0.717, 1.165) is 36.3 Å². The molecular weight excluding hydrogens is 465 g/mol. The van der Waals surface area contributed by atoms with Crippen molar-refractivity contribution in [3.63, 3.8) is 0 Å². The van der Waals surface area contributed by atoms with Crippen molar-refractivity contribution >= 4 is 52.3 Å². The van der Waals surface area contributed by atoms with E-state index in [9.17, 15) is 9.18 Å². The molecule has 0 bridgehead atoms. The van der Waals surface area contributed by atoms with Gasteiger partial charge in [-0.15, -0.1) is 0 Å². The Hall–Kier alpha value is -2.62. The van der Waals surface area contributed by atoms with Gasteiger partial charge in [-0.3, -0.25) is 0 Å². The zero-order valence-corrected chi connectivity index (χ0v) is 20.0. The first-order valence-corrected chi connectivity index (χ1v) is 12.0. The van der Waals surface area contributed by atoms with Crippen LogP contribution in [0.2, 0.25) is 5.02 Å². The van der Waals surface area contributed by atoms with E-state index >= 15 is 0 Å². The minimum Gasteiger partial charge on any atom is -0.463 e. The number of esters is 1. The van der Waals surface area contributed by atoms with Gasteiger partial charge in [0.05, 0.1) is 17.0 Å². The van der Waals surface area contributed by atoms with Gasteiger partial charge < -0.3 is 20.4 Å². The highest BCUT2D eigenvalue weighted by atomic mass is 35.5. The van der Waals surface area contributed by atoms with Crippen LogP contribution in [-0.2, 0) is 16.0 Å². The average molecular weight is 490 g/mol. The van der Waals surface area contributed by atoms with Crippen molar-refractivity contribution in [2.45, 2.75) is 42.8 Å². The number of nitrogens with zero attached hydrogens (tertiary/aromatic N) is 3. The van der Waals surface area contributed by atoms with Crippen LogP contribution in [0.25, 0.3) is 17.1 Å². The summed E-state index contributed by atoms with van der Waals surface area (Å²) in [5.41, 5.74) is 7.96. The number of carbonyl (C=O) groups is 1. The Morgan fingerprint density at radius 3 is 2.91 bits per heavy atom. The lowest BCUT2D eigenvalue weighted by molar-refractivity contribution is -0.137. The molecule has 3 heterocycles. The minimum absolute atomic E-state index is 0.0822. The number of anilines is 1. The quantitative estimate of drug-likeness (QED) is 0.285.